The maximum atomic E-state index is 13.9. The molecule has 0 amide bonds. The summed E-state index contributed by atoms with van der Waals surface area (Å²) >= 11 is 1.62. The van der Waals surface area contributed by atoms with Crippen LogP contribution in [0.25, 0.3) is 0 Å². The molecule has 2 heterocycles. The summed E-state index contributed by atoms with van der Waals surface area (Å²) in [6.45, 7) is 3.33. The Morgan fingerprint density at radius 1 is 1.36 bits per heavy atom. The maximum Gasteiger partial charge on any atom is 0.191 e. The Morgan fingerprint density at radius 2 is 2.12 bits per heavy atom. The number of rotatable bonds is 3. The lowest BCUT2D eigenvalue weighted by atomic mass is 10.1. The molecule has 1 fully saturated rings. The Labute approximate surface area is 166 Å². The number of nitriles is 1. The minimum absolute atomic E-state index is 0. The van der Waals surface area contributed by atoms with Gasteiger partial charge in [-0.25, -0.2) is 14.4 Å². The van der Waals surface area contributed by atoms with Gasteiger partial charge in [0.05, 0.1) is 18.2 Å². The van der Waals surface area contributed by atoms with Crippen molar-refractivity contribution < 1.29 is 4.39 Å². The van der Waals surface area contributed by atoms with Crippen LogP contribution in [0.3, 0.4) is 0 Å². The number of halogens is 2. The van der Waals surface area contributed by atoms with Gasteiger partial charge < -0.3 is 15.5 Å². The fourth-order valence-electron chi connectivity index (χ4n) is 2.51. The molecule has 0 radical (unpaired) electrons. The quantitative estimate of drug-likeness (QED) is 0.422. The highest BCUT2D eigenvalue weighted by Gasteiger charge is 2.19. The second kappa shape index (κ2) is 8.96. The molecule has 0 unspecified atom stereocenters. The fraction of sp³-hybridized carbons (Fsp3) is 0.312. The third-order valence-electron chi connectivity index (χ3n) is 3.89. The molecule has 6 nitrogen and oxygen atoms in total. The minimum atomic E-state index is -0.431. The normalized spacial score (nSPS) is 14.8. The summed E-state index contributed by atoms with van der Waals surface area (Å²) in [4.78, 5) is 12.8. The SMILES string of the molecule is I.N#Cc1ccc(CN=C(N)N2CCN(c3nccs3)CC2)c(F)c1. The zero-order valence-corrected chi connectivity index (χ0v) is 16.6. The standard InChI is InChI=1S/C16H17FN6S.HI/c17-14-9-12(10-18)1-2-13(14)11-21-15(19)22-4-6-23(7-5-22)16-20-3-8-24-16;/h1-3,8-9H,4-7,11H2,(H2,19,21);1H. The Kier molecular flexibility index (Phi) is 6.95. The van der Waals surface area contributed by atoms with E-state index >= 15 is 0 Å². The van der Waals surface area contributed by atoms with Crippen LogP contribution in [0, 0.1) is 17.1 Å². The van der Waals surface area contributed by atoms with E-state index in [4.69, 9.17) is 11.0 Å². The predicted octanol–water partition coefficient (Wildman–Crippen LogP) is 2.41. The van der Waals surface area contributed by atoms with Gasteiger partial charge in [-0.05, 0) is 12.1 Å². The van der Waals surface area contributed by atoms with Crippen LogP contribution in [0.4, 0.5) is 9.52 Å². The van der Waals surface area contributed by atoms with Crippen molar-refractivity contribution in [3.8, 4) is 6.07 Å². The number of piperazine rings is 1. The number of thiazole rings is 1. The second-order valence-corrected chi connectivity index (χ2v) is 6.25. The lowest BCUT2D eigenvalue weighted by molar-refractivity contribution is 0.380. The molecule has 2 N–H and O–H groups in total. The summed E-state index contributed by atoms with van der Waals surface area (Å²) in [6, 6.07) is 6.28. The fourth-order valence-corrected chi connectivity index (χ4v) is 3.21. The van der Waals surface area contributed by atoms with E-state index in [9.17, 15) is 4.39 Å². The summed E-state index contributed by atoms with van der Waals surface area (Å²) < 4.78 is 13.9. The van der Waals surface area contributed by atoms with Gasteiger partial charge in [0.15, 0.2) is 11.1 Å². The number of aliphatic imine (C=N–C) groups is 1. The van der Waals surface area contributed by atoms with Gasteiger partial charge in [-0.3, -0.25) is 0 Å². The first-order valence-corrected chi connectivity index (χ1v) is 8.43. The third-order valence-corrected chi connectivity index (χ3v) is 4.72. The van der Waals surface area contributed by atoms with Gasteiger partial charge in [0.2, 0.25) is 0 Å². The molecule has 1 aromatic carbocycles. The molecule has 132 valence electrons. The van der Waals surface area contributed by atoms with Crippen molar-refractivity contribution in [1.82, 2.24) is 9.88 Å². The number of hydrogen-bond donors (Lipinski definition) is 1. The molecule has 1 saturated heterocycles. The van der Waals surface area contributed by atoms with E-state index in [0.717, 1.165) is 31.3 Å². The summed E-state index contributed by atoms with van der Waals surface area (Å²) in [5.74, 6) is -0.0169. The summed E-state index contributed by atoms with van der Waals surface area (Å²) in [5, 5.41) is 11.7. The molecule has 25 heavy (non-hydrogen) atoms. The van der Waals surface area contributed by atoms with Crippen LogP contribution >= 0.6 is 35.3 Å². The average Bonchev–Trinajstić information content (AvgIpc) is 3.15. The van der Waals surface area contributed by atoms with E-state index in [0.29, 0.717) is 17.1 Å². The van der Waals surface area contributed by atoms with Crippen LogP contribution in [-0.2, 0) is 6.54 Å². The van der Waals surface area contributed by atoms with Gasteiger partial charge in [-0.15, -0.1) is 35.3 Å². The van der Waals surface area contributed by atoms with Crippen LogP contribution in [-0.4, -0.2) is 42.0 Å². The largest absolute Gasteiger partial charge is 0.370 e. The molecular formula is C16H18FIN6S. The molecular weight excluding hydrogens is 454 g/mol. The zero-order valence-electron chi connectivity index (χ0n) is 13.4. The van der Waals surface area contributed by atoms with Crippen LogP contribution in [0.15, 0.2) is 34.8 Å². The Hall–Kier alpha value is -1.93. The van der Waals surface area contributed by atoms with E-state index in [1.54, 1.807) is 29.7 Å². The smallest absolute Gasteiger partial charge is 0.191 e. The molecule has 3 rings (SSSR count). The van der Waals surface area contributed by atoms with Gasteiger partial charge in [0.25, 0.3) is 0 Å². The molecule has 2 aromatic rings. The number of aromatic nitrogens is 1. The first-order valence-electron chi connectivity index (χ1n) is 7.55. The van der Waals surface area contributed by atoms with Gasteiger partial charge in [0, 0.05) is 43.3 Å². The zero-order chi connectivity index (χ0) is 16.9. The molecule has 0 spiro atoms. The van der Waals surface area contributed by atoms with Crippen molar-refractivity contribution in [3.05, 3.63) is 46.7 Å². The first-order chi connectivity index (χ1) is 11.7. The van der Waals surface area contributed by atoms with Gasteiger partial charge in [-0.2, -0.15) is 5.26 Å². The van der Waals surface area contributed by atoms with Crippen molar-refractivity contribution in [2.75, 3.05) is 31.1 Å². The predicted molar refractivity (Wildman–Crippen MR) is 108 cm³/mol. The van der Waals surface area contributed by atoms with E-state index in [2.05, 4.69) is 14.9 Å². The molecule has 1 aliphatic heterocycles. The van der Waals surface area contributed by atoms with Crippen LogP contribution in [0.5, 0.6) is 0 Å². The van der Waals surface area contributed by atoms with Crippen molar-refractivity contribution >= 4 is 46.4 Å². The first kappa shape index (κ1) is 19.4. The number of hydrogen-bond acceptors (Lipinski definition) is 5. The second-order valence-electron chi connectivity index (χ2n) is 5.38. The number of nitrogens with zero attached hydrogens (tertiary/aromatic N) is 5. The highest BCUT2D eigenvalue weighted by Crippen LogP contribution is 2.19. The maximum absolute atomic E-state index is 13.9. The van der Waals surface area contributed by atoms with Crippen molar-refractivity contribution in [2.24, 2.45) is 10.7 Å². The number of nitrogens with two attached hydrogens (primary N) is 1. The van der Waals surface area contributed by atoms with Gasteiger partial charge in [-0.1, -0.05) is 6.07 Å². The van der Waals surface area contributed by atoms with Crippen LogP contribution in [0.1, 0.15) is 11.1 Å². The summed E-state index contributed by atoms with van der Waals surface area (Å²) in [5.41, 5.74) is 6.76. The van der Waals surface area contributed by atoms with Crippen molar-refractivity contribution in [1.29, 1.82) is 5.26 Å². The lowest BCUT2D eigenvalue weighted by Gasteiger charge is -2.35. The van der Waals surface area contributed by atoms with Gasteiger partial charge in [0.1, 0.15) is 5.82 Å². The molecule has 0 bridgehead atoms. The lowest BCUT2D eigenvalue weighted by Crippen LogP contribution is -2.51. The molecule has 0 atom stereocenters. The highest BCUT2D eigenvalue weighted by atomic mass is 127. The number of guanidine groups is 1. The molecule has 1 aliphatic rings. The monoisotopic (exact) mass is 472 g/mol. The molecule has 9 heteroatoms. The summed E-state index contributed by atoms with van der Waals surface area (Å²) in [6.07, 6.45) is 1.80. The molecule has 0 aliphatic carbocycles. The Bertz CT molecular complexity index is 765. The minimum Gasteiger partial charge on any atom is -0.370 e. The number of benzene rings is 1. The topological polar surface area (TPSA) is 81.5 Å². The Balaban J connectivity index is 0.00000225. The van der Waals surface area contributed by atoms with E-state index < -0.39 is 5.82 Å². The Morgan fingerprint density at radius 3 is 2.72 bits per heavy atom. The van der Waals surface area contributed by atoms with Crippen LogP contribution in [0.2, 0.25) is 0 Å². The summed E-state index contributed by atoms with van der Waals surface area (Å²) in [7, 11) is 0. The van der Waals surface area contributed by atoms with E-state index in [1.807, 2.05) is 16.3 Å². The number of anilines is 1. The average molecular weight is 472 g/mol. The van der Waals surface area contributed by atoms with Crippen molar-refractivity contribution in [2.45, 2.75) is 6.54 Å². The van der Waals surface area contributed by atoms with Gasteiger partial charge >= 0.3 is 0 Å². The van der Waals surface area contributed by atoms with E-state index in [1.165, 1.54) is 6.07 Å². The molecule has 1 aromatic heterocycles. The third kappa shape index (κ3) is 4.79. The molecule has 0 saturated carbocycles. The van der Waals surface area contributed by atoms with Crippen LogP contribution < -0.4 is 10.6 Å². The highest BCUT2D eigenvalue weighted by molar-refractivity contribution is 14.0. The van der Waals surface area contributed by atoms with E-state index in [-0.39, 0.29) is 30.5 Å². The van der Waals surface area contributed by atoms with Crippen molar-refractivity contribution in [3.63, 3.8) is 0 Å².